The number of aryl methyl sites for hydroxylation is 1. The van der Waals surface area contributed by atoms with Crippen LogP contribution in [-0.4, -0.2) is 29.9 Å². The van der Waals surface area contributed by atoms with Gasteiger partial charge in [0, 0.05) is 25.8 Å². The third-order valence-electron chi connectivity index (χ3n) is 3.94. The maximum Gasteiger partial charge on any atom is 0.124 e. The molecule has 0 saturated carbocycles. The molecule has 5 heteroatoms. The number of fused-ring (bicyclic) bond motifs is 1. The molecular weight excluding hydrogens is 276 g/mol. The first-order valence-corrected chi connectivity index (χ1v) is 7.52. The average Bonchev–Trinajstić information content (AvgIpc) is 3.11. The zero-order chi connectivity index (χ0) is 13.9. The van der Waals surface area contributed by atoms with Gasteiger partial charge in [-0.15, -0.1) is 11.6 Å². The van der Waals surface area contributed by atoms with Crippen LogP contribution in [0.15, 0.2) is 18.2 Å². The molecule has 1 unspecified atom stereocenters. The number of halogens is 1. The van der Waals surface area contributed by atoms with Crippen molar-refractivity contribution in [3.63, 3.8) is 0 Å². The molecule has 20 heavy (non-hydrogen) atoms. The molecular formula is C15H19ClN2O2. The maximum atomic E-state index is 6.03. The zero-order valence-electron chi connectivity index (χ0n) is 11.6. The molecule has 1 aliphatic rings. The summed E-state index contributed by atoms with van der Waals surface area (Å²) < 4.78 is 12.9. The molecule has 0 bridgehead atoms. The largest absolute Gasteiger partial charge is 0.497 e. The summed E-state index contributed by atoms with van der Waals surface area (Å²) in [4.78, 5) is 4.60. The summed E-state index contributed by atoms with van der Waals surface area (Å²) >= 11 is 6.03. The van der Waals surface area contributed by atoms with Crippen molar-refractivity contribution in [2.24, 2.45) is 5.92 Å². The molecule has 108 valence electrons. The molecule has 0 radical (unpaired) electrons. The van der Waals surface area contributed by atoms with Crippen LogP contribution in [0.5, 0.6) is 5.75 Å². The zero-order valence-corrected chi connectivity index (χ0v) is 12.4. The Morgan fingerprint density at radius 3 is 3.10 bits per heavy atom. The Kier molecular flexibility index (Phi) is 4.13. The number of nitrogens with zero attached hydrogens (tertiary/aromatic N) is 2. The van der Waals surface area contributed by atoms with Crippen LogP contribution in [0.25, 0.3) is 11.0 Å². The topological polar surface area (TPSA) is 36.3 Å². The Bertz CT molecular complexity index is 591. The lowest BCUT2D eigenvalue weighted by atomic mass is 10.1. The van der Waals surface area contributed by atoms with Gasteiger partial charge in [0.1, 0.15) is 11.6 Å². The summed E-state index contributed by atoms with van der Waals surface area (Å²) in [6.45, 7) is 2.73. The SMILES string of the molecule is COc1ccc2c(c1)nc(CCl)n2CCC1CCOC1. The van der Waals surface area contributed by atoms with Crippen molar-refractivity contribution in [3.05, 3.63) is 24.0 Å². The van der Waals surface area contributed by atoms with E-state index >= 15 is 0 Å². The molecule has 1 aromatic carbocycles. The second kappa shape index (κ2) is 6.02. The third-order valence-corrected chi connectivity index (χ3v) is 4.18. The fourth-order valence-corrected chi connectivity index (χ4v) is 2.96. The van der Waals surface area contributed by atoms with Gasteiger partial charge in [-0.05, 0) is 30.9 Å². The highest BCUT2D eigenvalue weighted by Gasteiger charge is 2.17. The average molecular weight is 295 g/mol. The van der Waals surface area contributed by atoms with Crippen molar-refractivity contribution >= 4 is 22.6 Å². The van der Waals surface area contributed by atoms with Gasteiger partial charge in [-0.1, -0.05) is 0 Å². The van der Waals surface area contributed by atoms with E-state index in [0.717, 1.165) is 55.2 Å². The highest BCUT2D eigenvalue weighted by atomic mass is 35.5. The number of hydrogen-bond donors (Lipinski definition) is 0. The smallest absolute Gasteiger partial charge is 0.124 e. The second-order valence-corrected chi connectivity index (χ2v) is 5.45. The van der Waals surface area contributed by atoms with E-state index in [1.54, 1.807) is 7.11 Å². The third kappa shape index (κ3) is 2.63. The molecule has 2 aromatic rings. The first-order chi connectivity index (χ1) is 9.81. The minimum atomic E-state index is 0.429. The quantitative estimate of drug-likeness (QED) is 0.795. The highest BCUT2D eigenvalue weighted by molar-refractivity contribution is 6.16. The van der Waals surface area contributed by atoms with Crippen LogP contribution >= 0.6 is 11.6 Å². The number of benzene rings is 1. The molecule has 0 N–H and O–H groups in total. The first kappa shape index (κ1) is 13.7. The van der Waals surface area contributed by atoms with Gasteiger partial charge in [0.15, 0.2) is 0 Å². The van der Waals surface area contributed by atoms with Gasteiger partial charge in [-0.2, -0.15) is 0 Å². The lowest BCUT2D eigenvalue weighted by Crippen LogP contribution is -2.08. The van der Waals surface area contributed by atoms with Crippen molar-refractivity contribution in [2.75, 3.05) is 20.3 Å². The second-order valence-electron chi connectivity index (χ2n) is 5.19. The fraction of sp³-hybridized carbons (Fsp3) is 0.533. The van der Waals surface area contributed by atoms with E-state index in [1.807, 2.05) is 12.1 Å². The molecule has 4 nitrogen and oxygen atoms in total. The minimum Gasteiger partial charge on any atom is -0.497 e. The summed E-state index contributed by atoms with van der Waals surface area (Å²) in [5.41, 5.74) is 2.07. The number of imidazole rings is 1. The van der Waals surface area contributed by atoms with Gasteiger partial charge < -0.3 is 14.0 Å². The van der Waals surface area contributed by atoms with E-state index in [1.165, 1.54) is 0 Å². The van der Waals surface area contributed by atoms with Gasteiger partial charge in [0.2, 0.25) is 0 Å². The van der Waals surface area contributed by atoms with Crippen molar-refractivity contribution in [3.8, 4) is 5.75 Å². The number of alkyl halides is 1. The molecule has 1 aliphatic heterocycles. The summed E-state index contributed by atoms with van der Waals surface area (Å²) in [5.74, 6) is 2.84. The lowest BCUT2D eigenvalue weighted by Gasteiger charge is -2.11. The Morgan fingerprint density at radius 2 is 2.40 bits per heavy atom. The van der Waals surface area contributed by atoms with Crippen molar-refractivity contribution in [1.29, 1.82) is 0 Å². The molecule has 1 aromatic heterocycles. The van der Waals surface area contributed by atoms with Crippen LogP contribution in [0.3, 0.4) is 0 Å². The number of ether oxygens (including phenoxy) is 2. The van der Waals surface area contributed by atoms with Crippen molar-refractivity contribution in [2.45, 2.75) is 25.3 Å². The highest BCUT2D eigenvalue weighted by Crippen LogP contribution is 2.25. The summed E-state index contributed by atoms with van der Waals surface area (Å²) in [7, 11) is 1.67. The summed E-state index contributed by atoms with van der Waals surface area (Å²) in [5, 5.41) is 0. The van der Waals surface area contributed by atoms with E-state index in [0.29, 0.717) is 11.8 Å². The molecule has 0 amide bonds. The fourth-order valence-electron chi connectivity index (χ4n) is 2.76. The molecule has 1 atom stereocenters. The van der Waals surface area contributed by atoms with E-state index in [4.69, 9.17) is 21.1 Å². The molecule has 1 fully saturated rings. The van der Waals surface area contributed by atoms with Gasteiger partial charge in [0.05, 0.1) is 24.0 Å². The van der Waals surface area contributed by atoms with Crippen LogP contribution in [0.2, 0.25) is 0 Å². The molecule has 3 rings (SSSR count). The summed E-state index contributed by atoms with van der Waals surface area (Å²) in [6, 6.07) is 5.99. The van der Waals surface area contributed by atoms with Gasteiger partial charge in [-0.3, -0.25) is 0 Å². The monoisotopic (exact) mass is 294 g/mol. The van der Waals surface area contributed by atoms with E-state index in [-0.39, 0.29) is 0 Å². The Hall–Kier alpha value is -1.26. The predicted molar refractivity (Wildman–Crippen MR) is 79.4 cm³/mol. The van der Waals surface area contributed by atoms with Gasteiger partial charge in [-0.25, -0.2) is 4.98 Å². The van der Waals surface area contributed by atoms with Crippen LogP contribution in [0.4, 0.5) is 0 Å². The maximum absolute atomic E-state index is 6.03. The van der Waals surface area contributed by atoms with Crippen molar-refractivity contribution < 1.29 is 9.47 Å². The number of methoxy groups -OCH3 is 1. The van der Waals surface area contributed by atoms with Crippen LogP contribution in [0, 0.1) is 5.92 Å². The molecule has 0 spiro atoms. The molecule has 1 saturated heterocycles. The number of hydrogen-bond acceptors (Lipinski definition) is 3. The van der Waals surface area contributed by atoms with Crippen molar-refractivity contribution in [1.82, 2.24) is 9.55 Å². The standard InChI is InChI=1S/C15H19ClN2O2/c1-19-12-2-3-14-13(8-12)17-15(9-16)18(14)6-4-11-5-7-20-10-11/h2-3,8,11H,4-7,9-10H2,1H3. The Morgan fingerprint density at radius 1 is 1.50 bits per heavy atom. The predicted octanol–water partition coefficient (Wildman–Crippen LogP) is 3.21. The lowest BCUT2D eigenvalue weighted by molar-refractivity contribution is 0.183. The van der Waals surface area contributed by atoms with Crippen LogP contribution < -0.4 is 4.74 Å². The van der Waals surface area contributed by atoms with Gasteiger partial charge in [0.25, 0.3) is 0 Å². The molecule has 2 heterocycles. The number of aromatic nitrogens is 2. The van der Waals surface area contributed by atoms with Gasteiger partial charge >= 0.3 is 0 Å². The minimum absolute atomic E-state index is 0.429. The molecule has 0 aliphatic carbocycles. The number of rotatable bonds is 5. The van der Waals surface area contributed by atoms with E-state index in [9.17, 15) is 0 Å². The normalized spacial score (nSPS) is 18.8. The van der Waals surface area contributed by atoms with Crippen LogP contribution in [0.1, 0.15) is 18.7 Å². The Labute approximate surface area is 123 Å². The van der Waals surface area contributed by atoms with E-state index < -0.39 is 0 Å². The van der Waals surface area contributed by atoms with E-state index in [2.05, 4.69) is 15.6 Å². The Balaban J connectivity index is 1.87. The first-order valence-electron chi connectivity index (χ1n) is 6.98. The van der Waals surface area contributed by atoms with Crippen LogP contribution in [-0.2, 0) is 17.2 Å². The summed E-state index contributed by atoms with van der Waals surface area (Å²) in [6.07, 6.45) is 2.28.